The quantitative estimate of drug-likeness (QED) is 0.423. The van der Waals surface area contributed by atoms with Gasteiger partial charge in [0.15, 0.2) is 5.43 Å². The van der Waals surface area contributed by atoms with Crippen LogP contribution in [0.1, 0.15) is 45.3 Å². The van der Waals surface area contributed by atoms with Crippen molar-refractivity contribution in [2.75, 3.05) is 13.2 Å². The Morgan fingerprint density at radius 1 is 1.20 bits per heavy atom. The molecule has 4 heterocycles. The molecule has 0 unspecified atom stereocenters. The maximum Gasteiger partial charge on any atom is 0.411 e. The molecule has 180 valence electrons. The lowest BCUT2D eigenvalue weighted by molar-refractivity contribution is 0.0118. The topological polar surface area (TPSA) is 105 Å². The molecule has 8 heteroatoms. The number of aliphatic hydroxyl groups is 1. The number of fused-ring (bicyclic) bond motifs is 6. The standard InChI is InChI=1S/C27H27N3O5/c1-26(2,3)35-25(34)29-11-9-27(10-12-31)19-6-4-5-17-21(19)30(24(27)29)23-18(22(17)33)14-15-13-16(32)7-8-20(15)28-23/h4-8,13-14,24,31-32H,9-12H2,1-3H3/t24-,27-/m1/s1. The smallest absolute Gasteiger partial charge is 0.411 e. The van der Waals surface area contributed by atoms with Crippen LogP contribution in [0, 0.1) is 0 Å². The Kier molecular flexibility index (Phi) is 4.48. The number of hydrogen-bond donors (Lipinski definition) is 2. The molecule has 0 bridgehead atoms. The van der Waals surface area contributed by atoms with Gasteiger partial charge in [-0.2, -0.15) is 0 Å². The number of amides is 1. The van der Waals surface area contributed by atoms with Crippen LogP contribution in [-0.2, 0) is 10.2 Å². The van der Waals surface area contributed by atoms with Crippen LogP contribution >= 0.6 is 0 Å². The molecule has 2 aliphatic heterocycles. The zero-order chi connectivity index (χ0) is 24.7. The summed E-state index contributed by atoms with van der Waals surface area (Å²) in [7, 11) is 0. The number of nitrogens with zero attached hydrogens (tertiary/aromatic N) is 3. The Labute approximate surface area is 201 Å². The van der Waals surface area contributed by atoms with E-state index < -0.39 is 23.3 Å². The van der Waals surface area contributed by atoms with Gasteiger partial charge in [0.2, 0.25) is 0 Å². The van der Waals surface area contributed by atoms with Crippen molar-refractivity contribution in [3.63, 3.8) is 0 Å². The van der Waals surface area contributed by atoms with Crippen molar-refractivity contribution in [2.45, 2.75) is 50.8 Å². The number of carbonyl (C=O) groups excluding carboxylic acids is 1. The van der Waals surface area contributed by atoms with Gasteiger partial charge in [0.1, 0.15) is 23.2 Å². The van der Waals surface area contributed by atoms with Crippen molar-refractivity contribution in [1.82, 2.24) is 14.5 Å². The van der Waals surface area contributed by atoms with Crippen LogP contribution < -0.4 is 5.43 Å². The summed E-state index contributed by atoms with van der Waals surface area (Å²) in [6.45, 7) is 5.91. The van der Waals surface area contributed by atoms with E-state index in [9.17, 15) is 19.8 Å². The van der Waals surface area contributed by atoms with Crippen molar-refractivity contribution in [3.05, 3.63) is 58.3 Å². The van der Waals surface area contributed by atoms with Crippen LogP contribution in [0.5, 0.6) is 5.75 Å². The molecule has 0 radical (unpaired) electrons. The predicted molar refractivity (Wildman–Crippen MR) is 133 cm³/mol. The summed E-state index contributed by atoms with van der Waals surface area (Å²) in [5.41, 5.74) is 1.44. The number of hydrogen-bond acceptors (Lipinski definition) is 6. The zero-order valence-corrected chi connectivity index (χ0v) is 19.9. The van der Waals surface area contributed by atoms with Gasteiger partial charge in [0.05, 0.1) is 16.4 Å². The van der Waals surface area contributed by atoms with Crippen molar-refractivity contribution in [2.24, 2.45) is 0 Å². The summed E-state index contributed by atoms with van der Waals surface area (Å²) in [5, 5.41) is 21.7. The molecule has 2 aromatic heterocycles. The van der Waals surface area contributed by atoms with Gasteiger partial charge in [-0.1, -0.05) is 12.1 Å². The summed E-state index contributed by atoms with van der Waals surface area (Å²) < 4.78 is 7.77. The highest BCUT2D eigenvalue weighted by atomic mass is 16.6. The molecular formula is C27H27N3O5. The van der Waals surface area contributed by atoms with Gasteiger partial charge in [0, 0.05) is 29.3 Å². The molecular weight excluding hydrogens is 446 g/mol. The molecule has 0 saturated carbocycles. The second-order valence-electron chi connectivity index (χ2n) is 10.6. The average molecular weight is 474 g/mol. The van der Waals surface area contributed by atoms with Crippen LogP contribution in [0.15, 0.2) is 47.3 Å². The summed E-state index contributed by atoms with van der Waals surface area (Å²) in [5.74, 6) is 0.0974. The van der Waals surface area contributed by atoms with Crippen LogP contribution in [-0.4, -0.2) is 49.5 Å². The number of aliphatic hydroxyl groups excluding tert-OH is 1. The Balaban J connectivity index is 1.71. The van der Waals surface area contributed by atoms with Crippen molar-refractivity contribution in [1.29, 1.82) is 0 Å². The molecule has 35 heavy (non-hydrogen) atoms. The summed E-state index contributed by atoms with van der Waals surface area (Å²) in [6, 6.07) is 12.3. The number of phenols is 1. The maximum absolute atomic E-state index is 13.7. The van der Waals surface area contributed by atoms with Crippen LogP contribution in [0.2, 0.25) is 0 Å². The molecule has 0 spiro atoms. The minimum Gasteiger partial charge on any atom is -0.508 e. The molecule has 4 aromatic rings. The highest BCUT2D eigenvalue weighted by molar-refractivity contribution is 6.00. The first-order chi connectivity index (χ1) is 16.6. The van der Waals surface area contributed by atoms with E-state index in [1.54, 1.807) is 35.2 Å². The number of benzene rings is 2. The second kappa shape index (κ2) is 7.18. The average Bonchev–Trinajstić information content (AvgIpc) is 3.29. The van der Waals surface area contributed by atoms with E-state index in [2.05, 4.69) is 0 Å². The minimum absolute atomic E-state index is 0.0542. The number of rotatable bonds is 2. The van der Waals surface area contributed by atoms with Gasteiger partial charge in [-0.05, 0) is 69.5 Å². The number of para-hydroxylation sites is 1. The van der Waals surface area contributed by atoms with Crippen LogP contribution in [0.4, 0.5) is 4.79 Å². The fraction of sp³-hybridized carbons (Fsp3) is 0.370. The normalized spacial score (nSPS) is 21.3. The molecule has 1 fully saturated rings. The first-order valence-corrected chi connectivity index (χ1v) is 11.9. The third-order valence-corrected chi connectivity index (χ3v) is 7.33. The monoisotopic (exact) mass is 473 g/mol. The Morgan fingerprint density at radius 3 is 2.74 bits per heavy atom. The fourth-order valence-electron chi connectivity index (χ4n) is 6.01. The number of likely N-dealkylation sites (tertiary alicyclic amines) is 1. The Bertz CT molecular complexity index is 1600. The number of aromatic hydroxyl groups is 1. The van der Waals surface area contributed by atoms with Gasteiger partial charge in [-0.25, -0.2) is 9.78 Å². The number of pyridine rings is 2. The Hall–Kier alpha value is -3.65. The summed E-state index contributed by atoms with van der Waals surface area (Å²) in [4.78, 5) is 33.6. The van der Waals surface area contributed by atoms with E-state index >= 15 is 0 Å². The first kappa shape index (κ1) is 21.9. The molecule has 2 N–H and O–H groups in total. The number of carbonyl (C=O) groups is 1. The lowest BCUT2D eigenvalue weighted by Crippen LogP contribution is -2.42. The van der Waals surface area contributed by atoms with E-state index in [0.717, 1.165) is 11.1 Å². The number of ether oxygens (including phenoxy) is 1. The summed E-state index contributed by atoms with van der Waals surface area (Å²) >= 11 is 0. The highest BCUT2D eigenvalue weighted by Gasteiger charge is 2.57. The van der Waals surface area contributed by atoms with E-state index in [1.807, 2.05) is 37.5 Å². The van der Waals surface area contributed by atoms with Crippen LogP contribution in [0.3, 0.4) is 0 Å². The third kappa shape index (κ3) is 2.99. The maximum atomic E-state index is 13.7. The van der Waals surface area contributed by atoms with Gasteiger partial charge in [-0.15, -0.1) is 0 Å². The van der Waals surface area contributed by atoms with Gasteiger partial charge >= 0.3 is 6.09 Å². The minimum atomic E-state index is -0.665. The largest absolute Gasteiger partial charge is 0.508 e. The van der Waals surface area contributed by atoms with Crippen molar-refractivity contribution < 1.29 is 19.7 Å². The second-order valence-corrected chi connectivity index (χ2v) is 10.6. The SMILES string of the molecule is CC(C)(C)OC(=O)N1CC[C@@]2(CCO)c3cccc4c(=O)c5cc6cc(O)ccc6nc5n(c34)[C@@H]12. The molecule has 2 atom stereocenters. The Morgan fingerprint density at radius 2 is 2.00 bits per heavy atom. The molecule has 6 rings (SSSR count). The fourth-order valence-corrected chi connectivity index (χ4v) is 6.01. The van der Waals surface area contributed by atoms with E-state index in [-0.39, 0.29) is 17.8 Å². The molecule has 8 nitrogen and oxygen atoms in total. The van der Waals surface area contributed by atoms with Gasteiger partial charge < -0.3 is 19.5 Å². The molecule has 1 saturated heterocycles. The highest BCUT2D eigenvalue weighted by Crippen LogP contribution is 2.56. The molecule has 2 aliphatic rings. The van der Waals surface area contributed by atoms with Gasteiger partial charge in [-0.3, -0.25) is 9.69 Å². The third-order valence-electron chi connectivity index (χ3n) is 7.33. The number of phenolic OH excluding ortho intramolecular Hbond substituents is 1. The van der Waals surface area contributed by atoms with Gasteiger partial charge in [0.25, 0.3) is 0 Å². The van der Waals surface area contributed by atoms with E-state index in [4.69, 9.17) is 9.72 Å². The number of aromatic nitrogens is 2. The lowest BCUT2D eigenvalue weighted by atomic mass is 9.76. The molecule has 0 aliphatic carbocycles. The first-order valence-electron chi connectivity index (χ1n) is 11.9. The van der Waals surface area contributed by atoms with E-state index in [0.29, 0.717) is 46.7 Å². The lowest BCUT2D eigenvalue weighted by Gasteiger charge is -2.35. The zero-order valence-electron chi connectivity index (χ0n) is 19.9. The molecule has 1 amide bonds. The molecule has 2 aromatic carbocycles. The van der Waals surface area contributed by atoms with Crippen molar-refractivity contribution in [3.8, 4) is 5.75 Å². The van der Waals surface area contributed by atoms with E-state index in [1.165, 1.54) is 0 Å². The summed E-state index contributed by atoms with van der Waals surface area (Å²) in [6.07, 6.45) is 0.153. The van der Waals surface area contributed by atoms with Crippen LogP contribution in [0.25, 0.3) is 32.8 Å². The van der Waals surface area contributed by atoms with Crippen molar-refractivity contribution >= 4 is 38.9 Å². The predicted octanol–water partition coefficient (Wildman–Crippen LogP) is 4.18.